The summed E-state index contributed by atoms with van der Waals surface area (Å²) in [7, 11) is 0.936. The van der Waals surface area contributed by atoms with Crippen molar-refractivity contribution in [2.45, 2.75) is 58.1 Å². The van der Waals surface area contributed by atoms with Crippen LogP contribution in [0.3, 0.4) is 0 Å². The Morgan fingerprint density at radius 2 is 1.82 bits per heavy atom. The van der Waals surface area contributed by atoms with Crippen LogP contribution in [0.1, 0.15) is 51.1 Å². The molecule has 0 amide bonds. The van der Waals surface area contributed by atoms with E-state index in [9.17, 15) is 4.79 Å². The standard InChI is InChI=1S/C17H25BO4/c1-12-8-7-9-13(10-12)14(11-15(19)20-6)18-21-16(2,3)17(4,5)22-18/h7-10,14H,11H2,1-6H3. The largest absolute Gasteiger partial charge is 0.469 e. The molecule has 120 valence electrons. The third-order valence-electron chi connectivity index (χ3n) is 4.68. The molecule has 4 nitrogen and oxygen atoms in total. The van der Waals surface area contributed by atoms with E-state index < -0.39 is 18.3 Å². The van der Waals surface area contributed by atoms with Crippen LogP contribution in [-0.2, 0) is 18.8 Å². The number of carbonyl (C=O) groups is 1. The van der Waals surface area contributed by atoms with E-state index in [1.54, 1.807) is 0 Å². The minimum atomic E-state index is -0.467. The topological polar surface area (TPSA) is 44.8 Å². The Kier molecular flexibility index (Phi) is 4.69. The third kappa shape index (κ3) is 3.36. The zero-order valence-corrected chi connectivity index (χ0v) is 14.3. The number of benzene rings is 1. The van der Waals surface area contributed by atoms with Crippen molar-refractivity contribution in [1.29, 1.82) is 0 Å². The molecule has 1 aromatic carbocycles. The first-order valence-corrected chi connectivity index (χ1v) is 7.65. The van der Waals surface area contributed by atoms with Gasteiger partial charge in [0.2, 0.25) is 0 Å². The Balaban J connectivity index is 2.32. The molecule has 1 aliphatic heterocycles. The minimum Gasteiger partial charge on any atom is -0.469 e. The number of hydrogen-bond donors (Lipinski definition) is 0. The fraction of sp³-hybridized carbons (Fsp3) is 0.588. The van der Waals surface area contributed by atoms with Crippen LogP contribution in [0.5, 0.6) is 0 Å². The molecular weight excluding hydrogens is 279 g/mol. The third-order valence-corrected chi connectivity index (χ3v) is 4.68. The summed E-state index contributed by atoms with van der Waals surface area (Å²) in [6.45, 7) is 10.1. The number of esters is 1. The summed E-state index contributed by atoms with van der Waals surface area (Å²) in [4.78, 5) is 11.8. The molecule has 0 saturated carbocycles. The van der Waals surface area contributed by atoms with Crippen LogP contribution in [0.15, 0.2) is 24.3 Å². The maximum Gasteiger partial charge on any atom is 0.466 e. The summed E-state index contributed by atoms with van der Waals surface area (Å²) in [5, 5.41) is 0. The van der Waals surface area contributed by atoms with Gasteiger partial charge in [-0.1, -0.05) is 29.8 Å². The monoisotopic (exact) mass is 304 g/mol. The van der Waals surface area contributed by atoms with Crippen molar-refractivity contribution in [3.05, 3.63) is 35.4 Å². The Morgan fingerprint density at radius 3 is 2.32 bits per heavy atom. The van der Waals surface area contributed by atoms with Gasteiger partial charge in [-0.05, 0) is 40.2 Å². The molecule has 1 atom stereocenters. The molecule has 0 spiro atoms. The average molecular weight is 304 g/mol. The molecular formula is C17H25BO4. The number of aryl methyl sites for hydroxylation is 1. The lowest BCUT2D eigenvalue weighted by atomic mass is 9.66. The second-order valence-electron chi connectivity index (χ2n) is 6.93. The molecule has 2 rings (SSSR count). The predicted octanol–water partition coefficient (Wildman–Crippen LogP) is 3.27. The second kappa shape index (κ2) is 6.05. The maximum atomic E-state index is 11.8. The summed E-state index contributed by atoms with van der Waals surface area (Å²) in [5.74, 6) is -0.449. The highest BCUT2D eigenvalue weighted by molar-refractivity contribution is 6.48. The van der Waals surface area contributed by atoms with Crippen molar-refractivity contribution < 1.29 is 18.8 Å². The van der Waals surface area contributed by atoms with E-state index in [1.807, 2.05) is 52.8 Å². The molecule has 0 bridgehead atoms. The minimum absolute atomic E-state index is 0.187. The predicted molar refractivity (Wildman–Crippen MR) is 86.6 cm³/mol. The number of rotatable bonds is 4. The van der Waals surface area contributed by atoms with Crippen LogP contribution in [0.2, 0.25) is 0 Å². The normalized spacial score (nSPS) is 20.7. The highest BCUT2D eigenvalue weighted by atomic mass is 16.7. The van der Waals surface area contributed by atoms with E-state index in [0.29, 0.717) is 0 Å². The Bertz CT molecular complexity index is 537. The van der Waals surface area contributed by atoms with Gasteiger partial charge in [0, 0.05) is 5.82 Å². The molecule has 0 aliphatic carbocycles. The summed E-state index contributed by atoms with van der Waals surface area (Å²) in [6.07, 6.45) is 0.233. The number of ether oxygens (including phenoxy) is 1. The van der Waals surface area contributed by atoms with Crippen LogP contribution in [0.25, 0.3) is 0 Å². The smallest absolute Gasteiger partial charge is 0.466 e. The van der Waals surface area contributed by atoms with Crippen LogP contribution in [-0.4, -0.2) is 31.4 Å². The maximum absolute atomic E-state index is 11.8. The number of carbonyl (C=O) groups excluding carboxylic acids is 1. The van der Waals surface area contributed by atoms with Crippen molar-refractivity contribution in [2.75, 3.05) is 7.11 Å². The van der Waals surface area contributed by atoms with Crippen LogP contribution in [0, 0.1) is 6.92 Å². The molecule has 1 heterocycles. The summed E-state index contributed by atoms with van der Waals surface area (Å²) in [5.41, 5.74) is 1.33. The van der Waals surface area contributed by atoms with Crippen LogP contribution >= 0.6 is 0 Å². The van der Waals surface area contributed by atoms with Gasteiger partial charge in [-0.2, -0.15) is 0 Å². The van der Waals surface area contributed by atoms with Crippen molar-refractivity contribution in [3.8, 4) is 0 Å². The lowest BCUT2D eigenvalue weighted by Crippen LogP contribution is -2.41. The SMILES string of the molecule is COC(=O)CC(B1OC(C)(C)C(C)(C)O1)c1cccc(C)c1. The Morgan fingerprint density at radius 1 is 1.23 bits per heavy atom. The summed E-state index contributed by atoms with van der Waals surface area (Å²) < 4.78 is 17.1. The molecule has 5 heteroatoms. The molecule has 1 aromatic rings. The summed E-state index contributed by atoms with van der Waals surface area (Å²) >= 11 is 0. The second-order valence-corrected chi connectivity index (χ2v) is 6.93. The summed E-state index contributed by atoms with van der Waals surface area (Å²) in [6, 6.07) is 8.09. The molecule has 1 unspecified atom stereocenters. The molecule has 1 aliphatic rings. The molecule has 22 heavy (non-hydrogen) atoms. The van der Waals surface area contributed by atoms with Crippen LogP contribution in [0.4, 0.5) is 0 Å². The lowest BCUT2D eigenvalue weighted by Gasteiger charge is -2.32. The van der Waals surface area contributed by atoms with Crippen molar-refractivity contribution in [2.24, 2.45) is 0 Å². The van der Waals surface area contributed by atoms with Gasteiger partial charge in [0.1, 0.15) is 0 Å². The molecule has 1 saturated heterocycles. The fourth-order valence-electron chi connectivity index (χ4n) is 2.59. The fourth-order valence-corrected chi connectivity index (χ4v) is 2.59. The van der Waals surface area contributed by atoms with Gasteiger partial charge in [0.15, 0.2) is 0 Å². The number of hydrogen-bond acceptors (Lipinski definition) is 4. The van der Waals surface area contributed by atoms with E-state index in [1.165, 1.54) is 7.11 Å². The van der Waals surface area contributed by atoms with Gasteiger partial charge in [0.05, 0.1) is 24.7 Å². The highest BCUT2D eigenvalue weighted by Crippen LogP contribution is 2.41. The van der Waals surface area contributed by atoms with Gasteiger partial charge in [-0.25, -0.2) is 0 Å². The first kappa shape index (κ1) is 17.0. The molecule has 0 aromatic heterocycles. The first-order valence-electron chi connectivity index (χ1n) is 7.65. The Labute approximate surface area is 133 Å². The zero-order valence-electron chi connectivity index (χ0n) is 14.3. The van der Waals surface area contributed by atoms with Gasteiger partial charge in [0.25, 0.3) is 0 Å². The van der Waals surface area contributed by atoms with Gasteiger partial charge in [-0.3, -0.25) is 4.79 Å². The van der Waals surface area contributed by atoms with E-state index in [2.05, 4.69) is 6.07 Å². The van der Waals surface area contributed by atoms with Crippen molar-refractivity contribution in [1.82, 2.24) is 0 Å². The van der Waals surface area contributed by atoms with Crippen molar-refractivity contribution >= 4 is 13.1 Å². The van der Waals surface area contributed by atoms with E-state index >= 15 is 0 Å². The van der Waals surface area contributed by atoms with Gasteiger partial charge < -0.3 is 14.0 Å². The van der Waals surface area contributed by atoms with Gasteiger partial charge >= 0.3 is 13.1 Å². The van der Waals surface area contributed by atoms with Crippen LogP contribution < -0.4 is 0 Å². The first-order chi connectivity index (χ1) is 10.2. The molecule has 1 fully saturated rings. The van der Waals surface area contributed by atoms with E-state index in [4.69, 9.17) is 14.0 Å². The quantitative estimate of drug-likeness (QED) is 0.632. The Hall–Kier alpha value is -1.33. The molecule has 0 radical (unpaired) electrons. The van der Waals surface area contributed by atoms with E-state index in [0.717, 1.165) is 11.1 Å². The number of methoxy groups -OCH3 is 1. The highest BCUT2D eigenvalue weighted by Gasteiger charge is 2.54. The average Bonchev–Trinajstić information content (AvgIpc) is 2.64. The lowest BCUT2D eigenvalue weighted by molar-refractivity contribution is -0.140. The zero-order chi connectivity index (χ0) is 16.5. The van der Waals surface area contributed by atoms with Crippen molar-refractivity contribution in [3.63, 3.8) is 0 Å². The van der Waals surface area contributed by atoms with Gasteiger partial charge in [-0.15, -0.1) is 0 Å². The molecule has 0 N–H and O–H groups in total. The van der Waals surface area contributed by atoms with E-state index in [-0.39, 0.29) is 18.2 Å².